The number of nitrogens with one attached hydrogen (secondary N) is 1. The minimum atomic E-state index is 0.415. The summed E-state index contributed by atoms with van der Waals surface area (Å²) in [6.45, 7) is 0. The number of benzene rings is 1. The van der Waals surface area contributed by atoms with Crippen molar-refractivity contribution >= 4 is 29.2 Å². The van der Waals surface area contributed by atoms with Gasteiger partial charge in [-0.3, -0.25) is 4.99 Å². The molecule has 0 atom stereocenters. The van der Waals surface area contributed by atoms with E-state index in [9.17, 15) is 0 Å². The molecular weight excluding hydrogens is 257 g/mol. The SMILES string of the molecule is CN=C(N)NC1CC(c2ccc(Cl)c(Cl)c2)C1. The van der Waals surface area contributed by atoms with E-state index in [2.05, 4.69) is 10.3 Å². The van der Waals surface area contributed by atoms with E-state index in [1.54, 1.807) is 7.05 Å². The smallest absolute Gasteiger partial charge is 0.188 e. The van der Waals surface area contributed by atoms with Crippen LogP contribution in [0.5, 0.6) is 0 Å². The summed E-state index contributed by atoms with van der Waals surface area (Å²) in [6.07, 6.45) is 2.10. The first-order valence-corrected chi connectivity index (χ1v) is 6.29. The number of halogens is 2. The minimum absolute atomic E-state index is 0.415. The molecular formula is C12H15Cl2N3. The van der Waals surface area contributed by atoms with Gasteiger partial charge in [0.05, 0.1) is 10.0 Å². The van der Waals surface area contributed by atoms with Crippen molar-refractivity contribution in [1.29, 1.82) is 0 Å². The zero-order valence-electron chi connectivity index (χ0n) is 9.58. The van der Waals surface area contributed by atoms with Gasteiger partial charge in [-0.05, 0) is 36.5 Å². The molecule has 5 heteroatoms. The third-order valence-electron chi connectivity index (χ3n) is 3.15. The van der Waals surface area contributed by atoms with Crippen LogP contribution in [0.4, 0.5) is 0 Å². The number of hydrogen-bond acceptors (Lipinski definition) is 1. The highest BCUT2D eigenvalue weighted by Crippen LogP contribution is 2.38. The maximum Gasteiger partial charge on any atom is 0.188 e. The molecule has 0 spiro atoms. The lowest BCUT2D eigenvalue weighted by Crippen LogP contribution is -2.46. The number of nitrogens with two attached hydrogens (primary N) is 1. The van der Waals surface area contributed by atoms with Crippen LogP contribution in [-0.4, -0.2) is 19.0 Å². The van der Waals surface area contributed by atoms with Crippen molar-refractivity contribution in [3.05, 3.63) is 33.8 Å². The topological polar surface area (TPSA) is 50.4 Å². The summed E-state index contributed by atoms with van der Waals surface area (Å²) in [6, 6.07) is 6.24. The Morgan fingerprint density at radius 1 is 1.35 bits per heavy atom. The highest BCUT2D eigenvalue weighted by Gasteiger charge is 2.30. The first-order valence-electron chi connectivity index (χ1n) is 5.54. The quantitative estimate of drug-likeness (QED) is 0.642. The Balaban J connectivity index is 1.93. The molecule has 92 valence electrons. The first kappa shape index (κ1) is 12.5. The van der Waals surface area contributed by atoms with Crippen LogP contribution in [-0.2, 0) is 0 Å². The maximum absolute atomic E-state index is 6.00. The van der Waals surface area contributed by atoms with E-state index in [0.29, 0.717) is 28.0 Å². The van der Waals surface area contributed by atoms with E-state index in [0.717, 1.165) is 12.8 Å². The molecule has 1 aliphatic carbocycles. The van der Waals surface area contributed by atoms with Crippen molar-refractivity contribution in [1.82, 2.24) is 5.32 Å². The van der Waals surface area contributed by atoms with Crippen molar-refractivity contribution in [3.63, 3.8) is 0 Å². The molecule has 1 fully saturated rings. The van der Waals surface area contributed by atoms with E-state index in [1.807, 2.05) is 18.2 Å². The van der Waals surface area contributed by atoms with Crippen molar-refractivity contribution in [2.24, 2.45) is 10.7 Å². The fourth-order valence-corrected chi connectivity index (χ4v) is 2.35. The molecule has 2 rings (SSSR count). The molecule has 0 saturated heterocycles. The van der Waals surface area contributed by atoms with E-state index >= 15 is 0 Å². The molecule has 0 aliphatic heterocycles. The van der Waals surface area contributed by atoms with Crippen LogP contribution in [0.2, 0.25) is 10.0 Å². The molecule has 17 heavy (non-hydrogen) atoms. The lowest BCUT2D eigenvalue weighted by molar-refractivity contribution is 0.323. The standard InChI is InChI=1S/C12H15Cl2N3/c1-16-12(15)17-9-4-8(5-9)7-2-3-10(13)11(14)6-7/h2-3,6,8-9H,4-5H2,1H3,(H3,15,16,17). The highest BCUT2D eigenvalue weighted by atomic mass is 35.5. The van der Waals surface area contributed by atoms with E-state index in [4.69, 9.17) is 28.9 Å². The van der Waals surface area contributed by atoms with Gasteiger partial charge in [0.25, 0.3) is 0 Å². The molecule has 0 bridgehead atoms. The normalized spacial score (nSPS) is 24.3. The van der Waals surface area contributed by atoms with E-state index in [1.165, 1.54) is 5.56 Å². The molecule has 0 amide bonds. The number of guanidine groups is 1. The third-order valence-corrected chi connectivity index (χ3v) is 3.89. The lowest BCUT2D eigenvalue weighted by Gasteiger charge is -2.36. The monoisotopic (exact) mass is 271 g/mol. The van der Waals surface area contributed by atoms with Crippen LogP contribution < -0.4 is 11.1 Å². The molecule has 1 saturated carbocycles. The van der Waals surface area contributed by atoms with Crippen LogP contribution in [0.3, 0.4) is 0 Å². The lowest BCUT2D eigenvalue weighted by atomic mass is 9.76. The van der Waals surface area contributed by atoms with Gasteiger partial charge in [0.1, 0.15) is 0 Å². The summed E-state index contributed by atoms with van der Waals surface area (Å²) >= 11 is 11.9. The minimum Gasteiger partial charge on any atom is -0.370 e. The van der Waals surface area contributed by atoms with Crippen molar-refractivity contribution in [2.45, 2.75) is 24.8 Å². The van der Waals surface area contributed by atoms with Crippen LogP contribution in [0.1, 0.15) is 24.3 Å². The first-order chi connectivity index (χ1) is 8.10. The average Bonchev–Trinajstić information content (AvgIpc) is 2.26. The van der Waals surface area contributed by atoms with Crippen molar-refractivity contribution in [2.75, 3.05) is 7.05 Å². The van der Waals surface area contributed by atoms with Gasteiger partial charge in [-0.1, -0.05) is 29.3 Å². The van der Waals surface area contributed by atoms with Crippen molar-refractivity contribution < 1.29 is 0 Å². The van der Waals surface area contributed by atoms with Gasteiger partial charge in [0, 0.05) is 13.1 Å². The molecule has 1 aromatic carbocycles. The molecule has 1 aromatic rings. The molecule has 0 unspecified atom stereocenters. The zero-order valence-corrected chi connectivity index (χ0v) is 11.1. The number of aliphatic imine (C=N–C) groups is 1. The predicted molar refractivity (Wildman–Crippen MR) is 72.9 cm³/mol. The molecule has 3 nitrogen and oxygen atoms in total. The molecule has 0 aromatic heterocycles. The zero-order chi connectivity index (χ0) is 12.4. The van der Waals surface area contributed by atoms with Gasteiger partial charge in [0.15, 0.2) is 5.96 Å². The molecule has 3 N–H and O–H groups in total. The summed E-state index contributed by atoms with van der Waals surface area (Å²) in [5, 5.41) is 4.38. The Bertz CT molecular complexity index is 439. The molecule has 0 radical (unpaired) electrons. The van der Waals surface area contributed by atoms with E-state index in [-0.39, 0.29) is 0 Å². The fourth-order valence-electron chi connectivity index (χ4n) is 2.05. The van der Waals surface area contributed by atoms with Crippen LogP contribution >= 0.6 is 23.2 Å². The molecule has 1 aliphatic rings. The Morgan fingerprint density at radius 2 is 2.06 bits per heavy atom. The number of nitrogens with zero attached hydrogens (tertiary/aromatic N) is 1. The largest absolute Gasteiger partial charge is 0.370 e. The van der Waals surface area contributed by atoms with Crippen LogP contribution in [0, 0.1) is 0 Å². The van der Waals surface area contributed by atoms with Crippen LogP contribution in [0.25, 0.3) is 0 Å². The fraction of sp³-hybridized carbons (Fsp3) is 0.417. The summed E-state index contributed by atoms with van der Waals surface area (Å²) in [4.78, 5) is 3.88. The van der Waals surface area contributed by atoms with Gasteiger partial charge >= 0.3 is 0 Å². The summed E-state index contributed by atoms with van der Waals surface area (Å²) in [5.41, 5.74) is 6.85. The van der Waals surface area contributed by atoms with Crippen LogP contribution in [0.15, 0.2) is 23.2 Å². The highest BCUT2D eigenvalue weighted by molar-refractivity contribution is 6.42. The summed E-state index contributed by atoms with van der Waals surface area (Å²) in [5.74, 6) is 1.04. The maximum atomic E-state index is 6.00. The molecule has 0 heterocycles. The van der Waals surface area contributed by atoms with E-state index < -0.39 is 0 Å². The second-order valence-corrected chi connectivity index (χ2v) is 5.11. The van der Waals surface area contributed by atoms with Gasteiger partial charge in [0.2, 0.25) is 0 Å². The van der Waals surface area contributed by atoms with Crippen molar-refractivity contribution in [3.8, 4) is 0 Å². The Morgan fingerprint density at radius 3 is 2.65 bits per heavy atom. The third kappa shape index (κ3) is 2.85. The number of rotatable bonds is 2. The van der Waals surface area contributed by atoms with Gasteiger partial charge in [-0.2, -0.15) is 0 Å². The van der Waals surface area contributed by atoms with Gasteiger partial charge in [-0.15, -0.1) is 0 Å². The second-order valence-electron chi connectivity index (χ2n) is 4.29. The van der Waals surface area contributed by atoms with Gasteiger partial charge in [-0.25, -0.2) is 0 Å². The second kappa shape index (κ2) is 5.15. The van der Waals surface area contributed by atoms with Gasteiger partial charge < -0.3 is 11.1 Å². The summed E-state index contributed by atoms with van der Waals surface area (Å²) in [7, 11) is 1.68. The predicted octanol–water partition coefficient (Wildman–Crippen LogP) is 2.77. The summed E-state index contributed by atoms with van der Waals surface area (Å²) < 4.78 is 0. The Labute approximate surface area is 111 Å². The number of hydrogen-bond donors (Lipinski definition) is 2. The average molecular weight is 272 g/mol. The Kier molecular flexibility index (Phi) is 3.79. The Hall–Kier alpha value is -0.930.